The van der Waals surface area contributed by atoms with E-state index in [0.29, 0.717) is 45.3 Å². The highest BCUT2D eigenvalue weighted by Crippen LogP contribution is 2.59. The molecular weight excluding hydrogens is 1600 g/mol. The number of phosphoric acid groups is 1. The van der Waals surface area contributed by atoms with Crippen LogP contribution in [0.5, 0.6) is 17.2 Å². The molecule has 1 radical (unpaired) electrons. The van der Waals surface area contributed by atoms with Crippen LogP contribution in [-0.4, -0.2) is 138 Å². The first-order valence-electron chi connectivity index (χ1n) is 38.5. The molecule has 0 saturated carbocycles. The van der Waals surface area contributed by atoms with Crippen LogP contribution >= 0.6 is 39.6 Å². The number of nitrogens with one attached hydrogen (secondary N) is 5. The summed E-state index contributed by atoms with van der Waals surface area (Å²) >= 11 is 14.2. The molecule has 3 saturated heterocycles. The number of H-pyrrole nitrogens is 2. The van der Waals surface area contributed by atoms with Crippen LogP contribution in [0.3, 0.4) is 0 Å². The van der Waals surface area contributed by atoms with Gasteiger partial charge in [0.15, 0.2) is 17.0 Å². The Morgan fingerprint density at radius 2 is 1.41 bits per heavy atom. The lowest BCUT2D eigenvalue weighted by molar-refractivity contribution is -0.119. The minimum absolute atomic E-state index is 0.00110. The number of carbonyl (C=O) groups excluding carboxylic acids is 2. The van der Waals surface area contributed by atoms with Crippen LogP contribution in [0.25, 0.3) is 11.2 Å². The summed E-state index contributed by atoms with van der Waals surface area (Å²) in [5.41, 5.74) is 0.0398. The molecule has 6 aromatic carbocycles. The van der Waals surface area contributed by atoms with Crippen molar-refractivity contribution in [2.45, 2.75) is 153 Å². The summed E-state index contributed by atoms with van der Waals surface area (Å²) in [6, 6.07) is 50.1. The van der Waals surface area contributed by atoms with Gasteiger partial charge in [0, 0.05) is 71.1 Å². The summed E-state index contributed by atoms with van der Waals surface area (Å²) in [6.07, 6.45) is -4.57. The second-order valence-corrected chi connectivity index (χ2v) is 33.3. The number of aromatic nitrogens is 8. The predicted octanol–water partition coefficient (Wildman–Crippen LogP) is 13.8. The molecule has 35 heteroatoms. The summed E-state index contributed by atoms with van der Waals surface area (Å²) in [5.74, 6) is -1.94. The van der Waals surface area contributed by atoms with Crippen LogP contribution in [0.15, 0.2) is 190 Å². The van der Waals surface area contributed by atoms with E-state index in [1.165, 1.54) is 40.1 Å². The number of aromatic amines is 2. The number of hydrogen-bond donors (Lipinski definition) is 5. The van der Waals surface area contributed by atoms with Crippen molar-refractivity contribution in [1.29, 1.82) is 5.26 Å². The minimum Gasteiger partial charge on any atom is -0.497 e. The van der Waals surface area contributed by atoms with Crippen LogP contribution in [0.1, 0.15) is 142 Å². The third-order valence-electron chi connectivity index (χ3n) is 20.9. The number of halogens is 2. The number of imidazole rings is 2. The van der Waals surface area contributed by atoms with Gasteiger partial charge in [-0.05, 0) is 118 Å². The summed E-state index contributed by atoms with van der Waals surface area (Å²) < 4.78 is 98.9. The molecule has 617 valence electrons. The van der Waals surface area contributed by atoms with Crippen LogP contribution in [0, 0.1) is 36.2 Å². The van der Waals surface area contributed by atoms with Crippen LogP contribution in [-0.2, 0) is 52.0 Å². The maximum atomic E-state index is 17.0. The van der Waals surface area contributed by atoms with E-state index in [2.05, 4.69) is 43.0 Å². The van der Waals surface area contributed by atoms with Gasteiger partial charge >= 0.3 is 13.5 Å². The fourth-order valence-electron chi connectivity index (χ4n) is 15.3. The molecule has 0 bridgehead atoms. The first kappa shape index (κ1) is 84.2. The van der Waals surface area contributed by atoms with Gasteiger partial charge in [-0.1, -0.05) is 134 Å². The Morgan fingerprint density at radius 3 is 2.08 bits per heavy atom. The van der Waals surface area contributed by atoms with Gasteiger partial charge in [0.2, 0.25) is 11.9 Å². The molecule has 31 nitrogen and oxygen atoms in total. The van der Waals surface area contributed by atoms with Gasteiger partial charge in [0.25, 0.3) is 25.6 Å². The first-order valence-corrected chi connectivity index (χ1v) is 41.8. The van der Waals surface area contributed by atoms with Crippen molar-refractivity contribution >= 4 is 80.6 Å². The molecule has 0 spiro atoms. The lowest BCUT2D eigenvalue weighted by Crippen LogP contribution is -2.41. The van der Waals surface area contributed by atoms with Crippen molar-refractivity contribution in [1.82, 2.24) is 53.9 Å². The molecule has 13 atom stereocenters. The highest BCUT2D eigenvalue weighted by atomic mass is 35.5. The van der Waals surface area contributed by atoms with E-state index in [0.717, 1.165) is 5.56 Å². The average molecular weight is 1690 g/mol. The number of phosphoric ester groups is 1. The van der Waals surface area contributed by atoms with Crippen LogP contribution in [0.4, 0.5) is 11.8 Å². The largest absolute Gasteiger partial charge is 0.530 e. The SMILES string of the molecule is COc1ccc(C(OC[C@@H]2O[C@@H](n3cnc4c3N=CNC4NC(=O)c3ccccc3)C[C@H]2C(c2cc[c]c(Cl)c2)[C@H]2O[C@@H](n3cnc4c(=O)[nH]c(NC(=O)C(C)C)nc43)C[C@@H]2OP(=O)(OC[C@H]2O[C@@H](n3cc(C)c(=O)[nH]c3=O)C[C@@H]2OP(OCCC#N)N(C(C)C)C(C)C)Oc2ccccc2Cl)(c2ccccc2)c2ccc(OC)cc2)cc1. The number of carbonyl (C=O) groups is 2. The number of methoxy groups -OCH3 is 2. The molecular formula is C83H89Cl2N14O17P2. The van der Waals surface area contributed by atoms with Crippen molar-refractivity contribution in [2.75, 3.05) is 39.4 Å². The van der Waals surface area contributed by atoms with Crippen LogP contribution in [0.2, 0.25) is 10.0 Å². The molecule has 4 unspecified atom stereocenters. The highest BCUT2D eigenvalue weighted by molar-refractivity contribution is 7.49. The van der Waals surface area contributed by atoms with E-state index in [4.69, 9.17) is 89.2 Å². The minimum atomic E-state index is -5.29. The second kappa shape index (κ2) is 36.9. The van der Waals surface area contributed by atoms with Crippen molar-refractivity contribution in [3.63, 3.8) is 0 Å². The number of aliphatic imine (C=N–C) groups is 1. The Balaban J connectivity index is 0.926. The average Bonchev–Trinajstić information content (AvgIpc) is 1.39. The molecule has 5 N–H and O–H groups in total. The molecule has 0 aliphatic carbocycles. The zero-order chi connectivity index (χ0) is 83.1. The number of amides is 2. The Bertz CT molecular complexity index is 5460. The highest BCUT2D eigenvalue weighted by Gasteiger charge is 2.55. The third kappa shape index (κ3) is 18.3. The van der Waals surface area contributed by atoms with Gasteiger partial charge in [0.1, 0.15) is 65.6 Å². The second-order valence-electron chi connectivity index (χ2n) is 29.5. The maximum Gasteiger partial charge on any atom is 0.530 e. The lowest BCUT2D eigenvalue weighted by Gasteiger charge is -2.39. The molecule has 10 aromatic rings. The normalized spacial score (nSPS) is 21.5. The molecule has 4 aromatic heterocycles. The molecule has 14 rings (SSSR count). The summed E-state index contributed by atoms with van der Waals surface area (Å²) in [5, 5.41) is 18.8. The number of para-hydroxylation sites is 1. The maximum absolute atomic E-state index is 17.0. The molecule has 2 amide bonds. The summed E-state index contributed by atoms with van der Waals surface area (Å²) in [6.45, 7) is 12.0. The number of benzene rings is 6. The predicted molar refractivity (Wildman–Crippen MR) is 439 cm³/mol. The standard InChI is InChI=1S/C83H89Cl2N14O17P2/c1-48(2)77(100)93-81-92-76-72(80(103)94-81)90-47-98(76)69-41-64(116-118(105,115-62-27-17-16-26-61(62)85)110-44-66-63(40-68(112-66)96-42-51(7)78(101)95-82(96)104)114-117(109-37-19-36-86)99(49(3)4)50(5)6)73(113-69)70(53-22-18-25-57(84)38-53)60-39-67(97-46-89-71-74(87-45-88-75(71)97)91-79(102)52-20-12-10-13-21-52)111-65(60)43-108-83(54-23-14-11-15-24-54,55-28-32-58(106-8)33-29-55)56-30-34-59(107-9)35-31-56/h10-18,20-24,26-35,38,42,45-50,60,63-70,73-74H,19,37,39-41,43-44H2,1-9H3,(H,87,88)(H,91,102)(H,95,101,104)(H2,92,93,94,100,103)/t60-,63+,64+,65+,66-,67-,68-,69-,70?,73+,74?,117?,118?/m1/s1. The van der Waals surface area contributed by atoms with Gasteiger partial charge < -0.3 is 52.6 Å². The van der Waals surface area contributed by atoms with Gasteiger partial charge in [-0.2, -0.15) is 10.2 Å². The Morgan fingerprint density at radius 1 is 0.763 bits per heavy atom. The Hall–Kier alpha value is -10.3. The number of ether oxygens (including phenoxy) is 6. The Kier molecular flexibility index (Phi) is 26.4. The zero-order valence-electron chi connectivity index (χ0n) is 65.9. The monoisotopic (exact) mass is 1690 g/mol. The van der Waals surface area contributed by atoms with Crippen molar-refractivity contribution in [3.8, 4) is 23.3 Å². The quantitative estimate of drug-likeness (QED) is 0.0145. The fourth-order valence-corrected chi connectivity index (χ4v) is 18.9. The zero-order valence-corrected chi connectivity index (χ0v) is 69.2. The van der Waals surface area contributed by atoms with E-state index < -0.39 is 124 Å². The third-order valence-corrected chi connectivity index (χ3v) is 25.0. The van der Waals surface area contributed by atoms with Crippen molar-refractivity contribution in [2.24, 2.45) is 16.8 Å². The van der Waals surface area contributed by atoms with Crippen molar-refractivity contribution < 1.29 is 65.2 Å². The van der Waals surface area contributed by atoms with Gasteiger partial charge in [-0.3, -0.25) is 57.2 Å². The topological polar surface area (TPSA) is 364 Å². The van der Waals surface area contributed by atoms with Gasteiger partial charge in [0.05, 0.1) is 88.9 Å². The van der Waals surface area contributed by atoms with E-state index >= 15 is 4.57 Å². The van der Waals surface area contributed by atoms with E-state index in [9.17, 15) is 29.2 Å². The number of hydrogen-bond acceptors (Lipinski definition) is 24. The molecule has 3 fully saturated rings. The fraction of sp³-hybridized carbons (Fsp3) is 0.373. The van der Waals surface area contributed by atoms with Gasteiger partial charge in [-0.15, -0.1) is 0 Å². The number of nitrogens with zero attached hydrogens (tertiary/aromatic N) is 9. The van der Waals surface area contributed by atoms with Crippen molar-refractivity contribution in [3.05, 3.63) is 257 Å². The molecule has 4 aliphatic heterocycles. The molecule has 4 aliphatic rings. The lowest BCUT2D eigenvalue weighted by atomic mass is 9.76. The molecule has 118 heavy (non-hydrogen) atoms. The smallest absolute Gasteiger partial charge is 0.497 e. The van der Waals surface area contributed by atoms with E-state index in [1.54, 1.807) is 94.4 Å². The first-order chi connectivity index (χ1) is 56.9. The number of fused-ring (bicyclic) bond motifs is 2. The summed E-state index contributed by atoms with van der Waals surface area (Å²) in [7, 11) is -4.13. The molecule has 8 heterocycles. The van der Waals surface area contributed by atoms with E-state index in [-0.39, 0.29) is 95.4 Å². The summed E-state index contributed by atoms with van der Waals surface area (Å²) in [4.78, 5) is 92.2. The number of aryl methyl sites for hydroxylation is 1. The Labute approximate surface area is 690 Å². The van der Waals surface area contributed by atoms with Crippen LogP contribution < -0.4 is 46.8 Å². The number of rotatable bonds is 33. The van der Waals surface area contributed by atoms with Gasteiger partial charge in [-0.25, -0.2) is 29.0 Å². The number of nitriles is 1. The number of anilines is 1. The van der Waals surface area contributed by atoms with E-state index in [1.807, 2.05) is 123 Å².